The van der Waals surface area contributed by atoms with E-state index in [1.807, 2.05) is 0 Å². The maximum atomic E-state index is 9.79. The van der Waals surface area contributed by atoms with E-state index in [-0.39, 0.29) is 12.1 Å². The number of aliphatic hydroxyl groups is 1. The van der Waals surface area contributed by atoms with E-state index in [4.69, 9.17) is 4.74 Å². The van der Waals surface area contributed by atoms with Crippen molar-refractivity contribution in [3.05, 3.63) is 0 Å². The summed E-state index contributed by atoms with van der Waals surface area (Å²) in [5, 5.41) is 9.79. The molecule has 1 N–H and O–H groups in total. The summed E-state index contributed by atoms with van der Waals surface area (Å²) in [5.41, 5.74) is 0. The highest BCUT2D eigenvalue weighted by Crippen LogP contribution is 2.22. The first kappa shape index (κ1) is 9.44. The van der Waals surface area contributed by atoms with Crippen LogP contribution in [0.3, 0.4) is 0 Å². The Bertz CT molecular complexity index is 174. The second-order valence-corrected chi connectivity index (χ2v) is 4.39. The average Bonchev–Trinajstić information content (AvgIpc) is 2.53. The summed E-state index contributed by atoms with van der Waals surface area (Å²) in [4.78, 5) is 2.38. The van der Waals surface area contributed by atoms with Gasteiger partial charge in [-0.05, 0) is 25.3 Å². The molecule has 3 heteroatoms. The van der Waals surface area contributed by atoms with Crippen LogP contribution in [0.1, 0.15) is 19.8 Å². The van der Waals surface area contributed by atoms with E-state index >= 15 is 0 Å². The summed E-state index contributed by atoms with van der Waals surface area (Å²) in [6, 6.07) is 0.263. The Morgan fingerprint density at radius 1 is 1.38 bits per heavy atom. The van der Waals surface area contributed by atoms with Crippen LogP contribution < -0.4 is 0 Å². The number of hydrogen-bond acceptors (Lipinski definition) is 3. The summed E-state index contributed by atoms with van der Waals surface area (Å²) < 4.78 is 5.40. The lowest BCUT2D eigenvalue weighted by Gasteiger charge is -2.34. The highest BCUT2D eigenvalue weighted by atomic mass is 16.5. The van der Waals surface area contributed by atoms with Crippen LogP contribution in [-0.4, -0.2) is 48.5 Å². The molecule has 0 radical (unpaired) electrons. The van der Waals surface area contributed by atoms with Crippen molar-refractivity contribution in [1.82, 2.24) is 4.90 Å². The summed E-state index contributed by atoms with van der Waals surface area (Å²) >= 11 is 0. The Morgan fingerprint density at radius 3 is 2.85 bits per heavy atom. The summed E-state index contributed by atoms with van der Waals surface area (Å²) in [7, 11) is 0. The smallest absolute Gasteiger partial charge is 0.0739 e. The lowest BCUT2D eigenvalue weighted by atomic mass is 10.1. The molecule has 0 spiro atoms. The number of ether oxygens (including phenoxy) is 1. The van der Waals surface area contributed by atoms with Crippen LogP contribution in [-0.2, 0) is 4.74 Å². The fraction of sp³-hybridized carbons (Fsp3) is 1.00. The standard InChI is InChI=1S/C10H19NO2/c1-8-2-4-11(6-8)9-7-13-5-3-10(9)12/h8-10,12H,2-7H2,1H3. The SMILES string of the molecule is CC1CCN(C2COCCC2O)C1. The van der Waals surface area contributed by atoms with Gasteiger partial charge in [-0.1, -0.05) is 6.92 Å². The molecule has 3 nitrogen and oxygen atoms in total. The maximum absolute atomic E-state index is 9.79. The van der Waals surface area contributed by atoms with Crippen LogP contribution in [0.5, 0.6) is 0 Å². The highest BCUT2D eigenvalue weighted by molar-refractivity contribution is 4.86. The summed E-state index contributed by atoms with van der Waals surface area (Å²) in [6.07, 6.45) is 1.90. The van der Waals surface area contributed by atoms with Crippen molar-refractivity contribution >= 4 is 0 Å². The fourth-order valence-electron chi connectivity index (χ4n) is 2.33. The molecule has 2 aliphatic rings. The normalized spacial score (nSPS) is 42.5. The van der Waals surface area contributed by atoms with Crippen LogP contribution in [0.2, 0.25) is 0 Å². The van der Waals surface area contributed by atoms with Gasteiger partial charge in [-0.3, -0.25) is 4.90 Å². The number of hydrogen-bond donors (Lipinski definition) is 1. The molecule has 3 unspecified atom stereocenters. The van der Waals surface area contributed by atoms with Gasteiger partial charge in [-0.2, -0.15) is 0 Å². The van der Waals surface area contributed by atoms with Gasteiger partial charge in [-0.15, -0.1) is 0 Å². The molecular formula is C10H19NO2. The molecule has 0 amide bonds. The minimum absolute atomic E-state index is 0.168. The molecule has 0 saturated carbocycles. The molecule has 2 saturated heterocycles. The molecule has 0 bridgehead atoms. The van der Waals surface area contributed by atoms with Crippen molar-refractivity contribution in [2.75, 3.05) is 26.3 Å². The van der Waals surface area contributed by atoms with Crippen molar-refractivity contribution in [2.45, 2.75) is 31.9 Å². The molecule has 0 aliphatic carbocycles. The van der Waals surface area contributed by atoms with Crippen LogP contribution in [0.15, 0.2) is 0 Å². The lowest BCUT2D eigenvalue weighted by Crippen LogP contribution is -2.48. The lowest BCUT2D eigenvalue weighted by molar-refractivity contribution is -0.0556. The maximum Gasteiger partial charge on any atom is 0.0739 e. The summed E-state index contributed by atoms with van der Waals surface area (Å²) in [5.74, 6) is 0.786. The molecule has 2 rings (SSSR count). The Morgan fingerprint density at radius 2 is 2.23 bits per heavy atom. The minimum Gasteiger partial charge on any atom is -0.391 e. The first-order valence-corrected chi connectivity index (χ1v) is 5.27. The molecule has 2 fully saturated rings. The largest absolute Gasteiger partial charge is 0.391 e. The zero-order valence-electron chi connectivity index (χ0n) is 8.28. The molecule has 0 aromatic rings. The van der Waals surface area contributed by atoms with E-state index < -0.39 is 0 Å². The van der Waals surface area contributed by atoms with Crippen molar-refractivity contribution in [1.29, 1.82) is 0 Å². The van der Waals surface area contributed by atoms with Gasteiger partial charge >= 0.3 is 0 Å². The number of aliphatic hydroxyl groups excluding tert-OH is 1. The minimum atomic E-state index is -0.168. The van der Waals surface area contributed by atoms with E-state index in [0.717, 1.165) is 32.0 Å². The molecule has 0 aromatic heterocycles. The van der Waals surface area contributed by atoms with Crippen molar-refractivity contribution in [3.8, 4) is 0 Å². The Hall–Kier alpha value is -0.120. The van der Waals surface area contributed by atoms with E-state index in [1.54, 1.807) is 0 Å². The Kier molecular flexibility index (Phi) is 2.86. The van der Waals surface area contributed by atoms with Crippen LogP contribution in [0.4, 0.5) is 0 Å². The molecule has 2 aliphatic heterocycles. The first-order valence-electron chi connectivity index (χ1n) is 5.27. The number of rotatable bonds is 1. The van der Waals surface area contributed by atoms with E-state index in [2.05, 4.69) is 11.8 Å². The third kappa shape index (κ3) is 2.03. The van der Waals surface area contributed by atoms with Gasteiger partial charge in [-0.25, -0.2) is 0 Å². The van der Waals surface area contributed by atoms with E-state index in [1.165, 1.54) is 6.42 Å². The molecule has 3 atom stereocenters. The van der Waals surface area contributed by atoms with E-state index in [0.29, 0.717) is 6.61 Å². The van der Waals surface area contributed by atoms with Gasteiger partial charge in [0, 0.05) is 13.2 Å². The van der Waals surface area contributed by atoms with Gasteiger partial charge in [0.05, 0.1) is 18.8 Å². The van der Waals surface area contributed by atoms with Gasteiger partial charge in [0.15, 0.2) is 0 Å². The van der Waals surface area contributed by atoms with E-state index in [9.17, 15) is 5.11 Å². The molecule has 2 heterocycles. The molecular weight excluding hydrogens is 166 g/mol. The zero-order valence-corrected chi connectivity index (χ0v) is 8.28. The first-order chi connectivity index (χ1) is 6.27. The summed E-state index contributed by atoms with van der Waals surface area (Å²) in [6.45, 7) is 5.97. The van der Waals surface area contributed by atoms with Crippen LogP contribution >= 0.6 is 0 Å². The fourth-order valence-corrected chi connectivity index (χ4v) is 2.33. The molecule has 0 aromatic carbocycles. The zero-order chi connectivity index (χ0) is 9.26. The Balaban J connectivity index is 1.91. The number of nitrogens with zero attached hydrogens (tertiary/aromatic N) is 1. The van der Waals surface area contributed by atoms with Gasteiger partial charge in [0.2, 0.25) is 0 Å². The van der Waals surface area contributed by atoms with Crippen molar-refractivity contribution in [2.24, 2.45) is 5.92 Å². The highest BCUT2D eigenvalue weighted by Gasteiger charge is 2.32. The molecule has 76 valence electrons. The van der Waals surface area contributed by atoms with Gasteiger partial charge in [0.25, 0.3) is 0 Å². The second-order valence-electron chi connectivity index (χ2n) is 4.39. The van der Waals surface area contributed by atoms with Crippen LogP contribution in [0, 0.1) is 5.92 Å². The molecule has 13 heavy (non-hydrogen) atoms. The van der Waals surface area contributed by atoms with Gasteiger partial charge in [0.1, 0.15) is 0 Å². The predicted molar refractivity (Wildman–Crippen MR) is 50.6 cm³/mol. The second kappa shape index (κ2) is 3.95. The number of likely N-dealkylation sites (tertiary alicyclic amines) is 1. The van der Waals surface area contributed by atoms with Crippen molar-refractivity contribution < 1.29 is 9.84 Å². The van der Waals surface area contributed by atoms with Crippen molar-refractivity contribution in [3.63, 3.8) is 0 Å². The van der Waals surface area contributed by atoms with Crippen LogP contribution in [0.25, 0.3) is 0 Å². The third-order valence-electron chi connectivity index (χ3n) is 3.22. The average molecular weight is 185 g/mol. The quantitative estimate of drug-likeness (QED) is 0.645. The monoisotopic (exact) mass is 185 g/mol. The van der Waals surface area contributed by atoms with Gasteiger partial charge < -0.3 is 9.84 Å². The Labute approximate surface area is 79.7 Å². The topological polar surface area (TPSA) is 32.7 Å². The predicted octanol–water partition coefficient (Wildman–Crippen LogP) is 0.478. The third-order valence-corrected chi connectivity index (χ3v) is 3.22.